The van der Waals surface area contributed by atoms with E-state index in [-0.39, 0.29) is 12.5 Å². The number of rotatable bonds is 5. The fraction of sp³-hybridized carbons (Fsp3) is 0.538. The van der Waals surface area contributed by atoms with Crippen molar-refractivity contribution in [3.8, 4) is 5.75 Å². The van der Waals surface area contributed by atoms with Gasteiger partial charge in [-0.2, -0.15) is 0 Å². The second kappa shape index (κ2) is 6.45. The predicted molar refractivity (Wildman–Crippen MR) is 75.0 cm³/mol. The largest absolute Gasteiger partial charge is 0.493 e. The molecule has 0 aliphatic carbocycles. The number of hydrogen-bond donors (Lipinski definition) is 1. The van der Waals surface area contributed by atoms with Gasteiger partial charge in [-0.1, -0.05) is 20.8 Å². The Morgan fingerprint density at radius 1 is 1.25 bits per heavy atom. The molecule has 0 spiro atoms. The number of hydrogen-bond acceptors (Lipinski definition) is 2. The van der Waals surface area contributed by atoms with Crippen LogP contribution >= 0.6 is 22.6 Å². The summed E-state index contributed by atoms with van der Waals surface area (Å²) < 4.78 is 6.84. The van der Waals surface area contributed by atoms with E-state index in [1.807, 2.05) is 19.1 Å². The highest BCUT2D eigenvalue weighted by Gasteiger charge is 2.07. The van der Waals surface area contributed by atoms with E-state index in [0.717, 1.165) is 21.5 Å². The first-order chi connectivity index (χ1) is 7.52. The number of aliphatic hydroxyl groups is 1. The maximum atomic E-state index is 9.14. The summed E-state index contributed by atoms with van der Waals surface area (Å²) in [6.45, 7) is 7.17. The van der Waals surface area contributed by atoms with Gasteiger partial charge in [-0.15, -0.1) is 0 Å². The first kappa shape index (κ1) is 13.8. The zero-order valence-electron chi connectivity index (χ0n) is 10.0. The van der Waals surface area contributed by atoms with Crippen LogP contribution in [0.5, 0.6) is 5.75 Å². The Balaban J connectivity index is 2.81. The molecule has 1 atom stereocenters. The van der Waals surface area contributed by atoms with Crippen molar-refractivity contribution >= 4 is 22.6 Å². The maximum absolute atomic E-state index is 9.14. The molecule has 0 heterocycles. The van der Waals surface area contributed by atoms with Crippen LogP contribution in [0.2, 0.25) is 0 Å². The summed E-state index contributed by atoms with van der Waals surface area (Å²) in [5.41, 5.74) is 1.13. The minimum absolute atomic E-state index is 0.163. The highest BCUT2D eigenvalue weighted by atomic mass is 127. The lowest BCUT2D eigenvalue weighted by Gasteiger charge is -2.13. The van der Waals surface area contributed by atoms with E-state index in [9.17, 15) is 0 Å². The molecule has 0 aliphatic heterocycles. The summed E-state index contributed by atoms with van der Waals surface area (Å²) in [7, 11) is 0. The Bertz CT molecular complexity index is 337. The van der Waals surface area contributed by atoms with Crippen molar-refractivity contribution in [2.45, 2.75) is 26.7 Å². The van der Waals surface area contributed by atoms with Crippen molar-refractivity contribution in [2.24, 2.45) is 5.92 Å². The second-order valence-electron chi connectivity index (χ2n) is 4.51. The molecule has 0 radical (unpaired) electrons. The molecule has 3 heteroatoms. The molecule has 1 N–H and O–H groups in total. The molecule has 1 aromatic carbocycles. The summed E-state index contributed by atoms with van der Waals surface area (Å²) >= 11 is 2.28. The SMILES string of the molecule is CC(C)COc1cc(I)cc(C(C)CO)c1. The standard InChI is InChI=1S/C13H19IO2/c1-9(2)8-16-13-5-11(10(3)7-15)4-12(14)6-13/h4-6,9-10,15H,7-8H2,1-3H3. The molecule has 1 aromatic rings. The molecule has 2 nitrogen and oxygen atoms in total. The molecule has 0 aromatic heterocycles. The van der Waals surface area contributed by atoms with Crippen LogP contribution in [-0.2, 0) is 0 Å². The average Bonchev–Trinajstić information content (AvgIpc) is 2.24. The minimum Gasteiger partial charge on any atom is -0.493 e. The van der Waals surface area contributed by atoms with Crippen molar-refractivity contribution < 1.29 is 9.84 Å². The van der Waals surface area contributed by atoms with Crippen LogP contribution in [0.3, 0.4) is 0 Å². The third kappa shape index (κ3) is 4.29. The van der Waals surface area contributed by atoms with Gasteiger partial charge in [0.05, 0.1) is 6.61 Å². The summed E-state index contributed by atoms with van der Waals surface area (Å²) in [6.07, 6.45) is 0. The number of ether oxygens (including phenoxy) is 1. The van der Waals surface area contributed by atoms with E-state index in [1.54, 1.807) is 0 Å². The quantitative estimate of drug-likeness (QED) is 0.836. The molecule has 90 valence electrons. The lowest BCUT2D eigenvalue weighted by atomic mass is 10.0. The van der Waals surface area contributed by atoms with E-state index in [4.69, 9.17) is 9.84 Å². The molecule has 0 amide bonds. The van der Waals surface area contributed by atoms with Gasteiger partial charge in [0.25, 0.3) is 0 Å². The lowest BCUT2D eigenvalue weighted by Crippen LogP contribution is -2.06. The van der Waals surface area contributed by atoms with Crippen LogP contribution in [0.1, 0.15) is 32.3 Å². The maximum Gasteiger partial charge on any atom is 0.120 e. The molecule has 0 saturated heterocycles. The molecule has 0 fully saturated rings. The smallest absolute Gasteiger partial charge is 0.120 e. The normalized spacial score (nSPS) is 12.9. The van der Waals surface area contributed by atoms with Gasteiger partial charge in [0.15, 0.2) is 0 Å². The summed E-state index contributed by atoms with van der Waals surface area (Å²) in [5, 5.41) is 9.14. The molecular formula is C13H19IO2. The molecule has 1 unspecified atom stereocenters. The predicted octanol–water partition coefficient (Wildman–Crippen LogP) is 3.42. The van der Waals surface area contributed by atoms with Crippen molar-refractivity contribution in [1.82, 2.24) is 0 Å². The van der Waals surface area contributed by atoms with Gasteiger partial charge in [-0.3, -0.25) is 0 Å². The fourth-order valence-corrected chi connectivity index (χ4v) is 1.99. The van der Waals surface area contributed by atoms with E-state index in [2.05, 4.69) is 42.5 Å². The summed E-state index contributed by atoms with van der Waals surface area (Å²) in [4.78, 5) is 0. The van der Waals surface area contributed by atoms with Crippen LogP contribution in [0.4, 0.5) is 0 Å². The van der Waals surface area contributed by atoms with Crippen molar-refractivity contribution in [3.05, 3.63) is 27.3 Å². The van der Waals surface area contributed by atoms with Crippen LogP contribution in [0, 0.1) is 9.49 Å². The van der Waals surface area contributed by atoms with Gasteiger partial charge in [0, 0.05) is 16.1 Å². The Morgan fingerprint density at radius 2 is 1.94 bits per heavy atom. The monoisotopic (exact) mass is 334 g/mol. The Morgan fingerprint density at radius 3 is 2.50 bits per heavy atom. The topological polar surface area (TPSA) is 29.5 Å². The van der Waals surface area contributed by atoms with Crippen LogP contribution in [0.25, 0.3) is 0 Å². The number of halogens is 1. The van der Waals surface area contributed by atoms with Crippen LogP contribution < -0.4 is 4.74 Å². The zero-order chi connectivity index (χ0) is 12.1. The van der Waals surface area contributed by atoms with Gasteiger partial charge in [-0.25, -0.2) is 0 Å². The molecule has 1 rings (SSSR count). The first-order valence-electron chi connectivity index (χ1n) is 5.57. The van der Waals surface area contributed by atoms with Gasteiger partial charge < -0.3 is 9.84 Å². The Labute approximate surface area is 111 Å². The number of aliphatic hydroxyl groups excluding tert-OH is 1. The van der Waals surface area contributed by atoms with E-state index in [1.165, 1.54) is 0 Å². The van der Waals surface area contributed by atoms with E-state index >= 15 is 0 Å². The van der Waals surface area contributed by atoms with E-state index in [0.29, 0.717) is 5.92 Å². The fourth-order valence-electron chi connectivity index (χ4n) is 1.32. The molecular weight excluding hydrogens is 315 g/mol. The number of benzene rings is 1. The Hall–Kier alpha value is -0.290. The van der Waals surface area contributed by atoms with Gasteiger partial charge in [0.2, 0.25) is 0 Å². The highest BCUT2D eigenvalue weighted by Crippen LogP contribution is 2.24. The molecule has 0 aliphatic rings. The van der Waals surface area contributed by atoms with Crippen molar-refractivity contribution in [2.75, 3.05) is 13.2 Å². The molecule has 16 heavy (non-hydrogen) atoms. The lowest BCUT2D eigenvalue weighted by molar-refractivity contribution is 0.266. The van der Waals surface area contributed by atoms with Gasteiger partial charge >= 0.3 is 0 Å². The van der Waals surface area contributed by atoms with Gasteiger partial charge in [0.1, 0.15) is 5.75 Å². The summed E-state index contributed by atoms with van der Waals surface area (Å²) in [6, 6.07) is 6.13. The third-order valence-electron chi connectivity index (χ3n) is 2.32. The van der Waals surface area contributed by atoms with Crippen molar-refractivity contribution in [1.29, 1.82) is 0 Å². The van der Waals surface area contributed by atoms with E-state index < -0.39 is 0 Å². The highest BCUT2D eigenvalue weighted by molar-refractivity contribution is 14.1. The minimum atomic E-state index is 0.163. The summed E-state index contributed by atoms with van der Waals surface area (Å²) in [5.74, 6) is 1.59. The third-order valence-corrected chi connectivity index (χ3v) is 2.94. The second-order valence-corrected chi connectivity index (χ2v) is 5.75. The first-order valence-corrected chi connectivity index (χ1v) is 6.65. The molecule has 0 saturated carbocycles. The average molecular weight is 334 g/mol. The van der Waals surface area contributed by atoms with Gasteiger partial charge in [-0.05, 0) is 52.3 Å². The van der Waals surface area contributed by atoms with Crippen LogP contribution in [-0.4, -0.2) is 18.3 Å². The van der Waals surface area contributed by atoms with Crippen LogP contribution in [0.15, 0.2) is 18.2 Å². The zero-order valence-corrected chi connectivity index (χ0v) is 12.2. The Kier molecular flexibility index (Phi) is 5.55. The molecule has 0 bridgehead atoms. The van der Waals surface area contributed by atoms with Crippen molar-refractivity contribution in [3.63, 3.8) is 0 Å².